The number of anilines is 1. The van der Waals surface area contributed by atoms with Crippen LogP contribution in [-0.4, -0.2) is 11.8 Å². The van der Waals surface area contributed by atoms with Gasteiger partial charge in [0, 0.05) is 18.8 Å². The zero-order chi connectivity index (χ0) is 14.8. The second-order valence-electron chi connectivity index (χ2n) is 4.93. The molecule has 0 aliphatic heterocycles. The molecule has 0 saturated heterocycles. The Morgan fingerprint density at radius 2 is 2.05 bits per heavy atom. The Morgan fingerprint density at radius 3 is 2.60 bits per heavy atom. The monoisotopic (exact) mass is 298 g/mol. The van der Waals surface area contributed by atoms with E-state index < -0.39 is 11.8 Å². The number of hydrogen-bond donors (Lipinski definition) is 1. The zero-order valence-electron chi connectivity index (χ0n) is 10.6. The average Bonchev–Trinajstić information content (AvgIpc) is 2.40. The number of halogens is 3. The number of hydrogen-bond acceptors (Lipinski definition) is 2. The quantitative estimate of drug-likeness (QED) is 0.898. The van der Waals surface area contributed by atoms with Crippen molar-refractivity contribution in [1.29, 1.82) is 5.26 Å². The van der Waals surface area contributed by atoms with Crippen molar-refractivity contribution in [2.45, 2.75) is 31.6 Å². The highest BCUT2D eigenvalue weighted by atomic mass is 35.5. The van der Waals surface area contributed by atoms with Gasteiger partial charge in [0.15, 0.2) is 0 Å². The number of nitrogens with zero attached hydrogens (tertiary/aromatic N) is 1. The number of rotatable bonds is 2. The highest BCUT2D eigenvalue weighted by Crippen LogP contribution is 2.36. The van der Waals surface area contributed by atoms with Gasteiger partial charge in [-0.25, -0.2) is 8.78 Å². The molecular weight excluding hydrogens is 286 g/mol. The van der Waals surface area contributed by atoms with Crippen LogP contribution >= 0.6 is 11.6 Å². The van der Waals surface area contributed by atoms with E-state index in [9.17, 15) is 13.6 Å². The maximum absolute atomic E-state index is 13.0. The highest BCUT2D eigenvalue weighted by molar-refractivity contribution is 6.33. The maximum atomic E-state index is 13.0. The van der Waals surface area contributed by atoms with E-state index in [1.54, 1.807) is 0 Å². The number of amides is 1. The van der Waals surface area contributed by atoms with Crippen molar-refractivity contribution in [3.63, 3.8) is 0 Å². The molecule has 1 aromatic carbocycles. The molecule has 6 heteroatoms. The van der Waals surface area contributed by atoms with Crippen LogP contribution in [0, 0.1) is 17.2 Å². The summed E-state index contributed by atoms with van der Waals surface area (Å²) in [5.41, 5.74) is 0.790. The summed E-state index contributed by atoms with van der Waals surface area (Å²) in [4.78, 5) is 12.0. The summed E-state index contributed by atoms with van der Waals surface area (Å²) in [6.07, 6.45) is -0.169. The van der Waals surface area contributed by atoms with Crippen LogP contribution in [-0.2, 0) is 4.79 Å². The minimum atomic E-state index is -2.65. The number of benzene rings is 1. The molecule has 1 N–H and O–H groups in total. The molecule has 1 aliphatic rings. The van der Waals surface area contributed by atoms with Gasteiger partial charge in [0.05, 0.1) is 22.3 Å². The summed E-state index contributed by atoms with van der Waals surface area (Å²) in [6.45, 7) is 0. The number of nitrogens with one attached hydrogen (secondary N) is 1. The molecule has 3 nitrogen and oxygen atoms in total. The molecule has 0 atom stereocenters. The van der Waals surface area contributed by atoms with E-state index in [-0.39, 0.29) is 36.6 Å². The first kappa shape index (κ1) is 14.7. The second-order valence-corrected chi connectivity index (χ2v) is 5.33. The highest BCUT2D eigenvalue weighted by Gasteiger charge is 2.37. The first-order valence-electron chi connectivity index (χ1n) is 6.29. The summed E-state index contributed by atoms with van der Waals surface area (Å²) >= 11 is 5.95. The predicted molar refractivity (Wildman–Crippen MR) is 71.7 cm³/mol. The lowest BCUT2D eigenvalue weighted by molar-refractivity contribution is -0.124. The summed E-state index contributed by atoms with van der Waals surface area (Å²) < 4.78 is 26.1. The fourth-order valence-electron chi connectivity index (χ4n) is 2.22. The maximum Gasteiger partial charge on any atom is 0.248 e. The van der Waals surface area contributed by atoms with Crippen molar-refractivity contribution in [1.82, 2.24) is 0 Å². The van der Waals surface area contributed by atoms with E-state index in [1.807, 2.05) is 6.07 Å². The number of carbonyl (C=O) groups is 1. The molecule has 106 valence electrons. The summed E-state index contributed by atoms with van der Waals surface area (Å²) in [7, 11) is 0. The van der Waals surface area contributed by atoms with Gasteiger partial charge >= 0.3 is 0 Å². The molecule has 1 aliphatic carbocycles. The molecule has 0 spiro atoms. The third-order valence-corrected chi connectivity index (χ3v) is 3.76. The van der Waals surface area contributed by atoms with Crippen LogP contribution in [0.3, 0.4) is 0 Å². The van der Waals surface area contributed by atoms with Crippen molar-refractivity contribution >= 4 is 23.2 Å². The van der Waals surface area contributed by atoms with Crippen LogP contribution in [0.4, 0.5) is 14.5 Å². The largest absolute Gasteiger partial charge is 0.325 e. The SMILES string of the molecule is N#Cc1ccc(NC(=O)C2CCC(F)(F)CC2)c(Cl)c1. The molecular formula is C14H13ClF2N2O. The van der Waals surface area contributed by atoms with Gasteiger partial charge in [-0.15, -0.1) is 0 Å². The summed E-state index contributed by atoms with van der Waals surface area (Å²) in [5.74, 6) is -3.36. The Labute approximate surface area is 120 Å². The van der Waals surface area contributed by atoms with Gasteiger partial charge in [0.25, 0.3) is 0 Å². The third kappa shape index (κ3) is 3.45. The van der Waals surface area contributed by atoms with Crippen LogP contribution < -0.4 is 5.32 Å². The van der Waals surface area contributed by atoms with Gasteiger partial charge in [-0.05, 0) is 31.0 Å². The zero-order valence-corrected chi connectivity index (χ0v) is 11.4. The van der Waals surface area contributed by atoms with Crippen LogP contribution in [0.25, 0.3) is 0 Å². The van der Waals surface area contributed by atoms with E-state index in [1.165, 1.54) is 18.2 Å². The molecule has 0 bridgehead atoms. The van der Waals surface area contributed by atoms with Gasteiger partial charge in [-0.2, -0.15) is 5.26 Å². The van der Waals surface area contributed by atoms with Crippen LogP contribution in [0.1, 0.15) is 31.2 Å². The first-order valence-corrected chi connectivity index (χ1v) is 6.67. The van der Waals surface area contributed by atoms with Gasteiger partial charge < -0.3 is 5.32 Å². The molecule has 1 aromatic rings. The minimum absolute atomic E-state index is 0.173. The summed E-state index contributed by atoms with van der Waals surface area (Å²) in [6, 6.07) is 6.47. The van der Waals surface area contributed by atoms with Crippen molar-refractivity contribution in [2.75, 3.05) is 5.32 Å². The first-order chi connectivity index (χ1) is 9.41. The lowest BCUT2D eigenvalue weighted by atomic mass is 9.86. The molecule has 1 fully saturated rings. The van der Waals surface area contributed by atoms with Crippen LogP contribution in [0.5, 0.6) is 0 Å². The molecule has 20 heavy (non-hydrogen) atoms. The van der Waals surface area contributed by atoms with E-state index >= 15 is 0 Å². The topological polar surface area (TPSA) is 52.9 Å². The average molecular weight is 299 g/mol. The van der Waals surface area contributed by atoms with Gasteiger partial charge in [-0.3, -0.25) is 4.79 Å². The molecule has 0 unspecified atom stereocenters. The number of nitriles is 1. The Hall–Kier alpha value is -1.67. The Balaban J connectivity index is 2.00. The second kappa shape index (κ2) is 5.76. The number of alkyl halides is 2. The van der Waals surface area contributed by atoms with E-state index in [2.05, 4.69) is 5.32 Å². The minimum Gasteiger partial charge on any atom is -0.325 e. The van der Waals surface area contributed by atoms with E-state index in [0.29, 0.717) is 11.3 Å². The Bertz CT molecular complexity index is 559. The normalized spacial score (nSPS) is 18.3. The third-order valence-electron chi connectivity index (χ3n) is 3.44. The predicted octanol–water partition coefficient (Wildman–Crippen LogP) is 3.98. The Morgan fingerprint density at radius 1 is 1.40 bits per heavy atom. The fourth-order valence-corrected chi connectivity index (χ4v) is 2.45. The Kier molecular flexibility index (Phi) is 4.24. The summed E-state index contributed by atoms with van der Waals surface area (Å²) in [5, 5.41) is 11.6. The van der Waals surface area contributed by atoms with E-state index in [4.69, 9.17) is 16.9 Å². The van der Waals surface area contributed by atoms with Gasteiger partial charge in [0.1, 0.15) is 0 Å². The van der Waals surface area contributed by atoms with Crippen molar-refractivity contribution in [2.24, 2.45) is 5.92 Å². The number of carbonyl (C=O) groups excluding carboxylic acids is 1. The molecule has 2 rings (SSSR count). The van der Waals surface area contributed by atoms with Crippen molar-refractivity contribution in [3.8, 4) is 6.07 Å². The molecule has 0 radical (unpaired) electrons. The lowest BCUT2D eigenvalue weighted by Gasteiger charge is -2.27. The lowest BCUT2D eigenvalue weighted by Crippen LogP contribution is -2.31. The molecule has 0 aromatic heterocycles. The molecule has 1 amide bonds. The van der Waals surface area contributed by atoms with Crippen molar-refractivity contribution in [3.05, 3.63) is 28.8 Å². The van der Waals surface area contributed by atoms with Crippen LogP contribution in [0.15, 0.2) is 18.2 Å². The standard InChI is InChI=1S/C14H13ClF2N2O/c15-11-7-9(8-18)1-2-12(11)19-13(20)10-3-5-14(16,17)6-4-10/h1-2,7,10H,3-6H2,(H,19,20). The fraction of sp³-hybridized carbons (Fsp3) is 0.429. The van der Waals surface area contributed by atoms with Gasteiger partial charge in [-0.1, -0.05) is 11.6 Å². The van der Waals surface area contributed by atoms with Gasteiger partial charge in [0.2, 0.25) is 11.8 Å². The van der Waals surface area contributed by atoms with Crippen molar-refractivity contribution < 1.29 is 13.6 Å². The van der Waals surface area contributed by atoms with Crippen LogP contribution in [0.2, 0.25) is 5.02 Å². The smallest absolute Gasteiger partial charge is 0.248 e. The molecule has 0 heterocycles. The van der Waals surface area contributed by atoms with E-state index in [0.717, 1.165) is 0 Å². The molecule has 1 saturated carbocycles.